The van der Waals surface area contributed by atoms with Crippen molar-refractivity contribution in [2.24, 2.45) is 16.8 Å². The summed E-state index contributed by atoms with van der Waals surface area (Å²) in [5.41, 5.74) is 1.77. The van der Waals surface area contributed by atoms with Gasteiger partial charge in [-0.2, -0.15) is 0 Å². The molecule has 5 heteroatoms. The Morgan fingerprint density at radius 1 is 1.20 bits per heavy atom. The lowest BCUT2D eigenvalue weighted by Crippen LogP contribution is -2.28. The van der Waals surface area contributed by atoms with Crippen molar-refractivity contribution in [3.8, 4) is 0 Å². The van der Waals surface area contributed by atoms with Gasteiger partial charge in [-0.1, -0.05) is 19.1 Å². The van der Waals surface area contributed by atoms with Gasteiger partial charge in [0.25, 0.3) is 5.91 Å². The normalized spacial score (nSPS) is 19.8. The van der Waals surface area contributed by atoms with Crippen LogP contribution < -0.4 is 10.8 Å². The van der Waals surface area contributed by atoms with Gasteiger partial charge < -0.3 is 5.32 Å². The van der Waals surface area contributed by atoms with Gasteiger partial charge in [-0.3, -0.25) is 19.1 Å². The van der Waals surface area contributed by atoms with Crippen LogP contribution in [0.4, 0.5) is 5.69 Å². The standard InChI is InChI=1S/C20H23N3O2/c1-13(2)21-18-9-4-5-10-23(18)20(25)15-7-6-8-16(12-15)22-19(24)17-11-14(17)3/h4-10,12-14,17H,11H2,1-3H3,(H,22,24)/t14-,17+/m0/s1. The van der Waals surface area contributed by atoms with Gasteiger partial charge in [0.1, 0.15) is 5.49 Å². The van der Waals surface area contributed by atoms with Crippen LogP contribution in [0.15, 0.2) is 53.7 Å². The van der Waals surface area contributed by atoms with Crippen LogP contribution >= 0.6 is 0 Å². The van der Waals surface area contributed by atoms with Crippen molar-refractivity contribution in [2.75, 3.05) is 5.32 Å². The monoisotopic (exact) mass is 337 g/mol. The first kappa shape index (κ1) is 17.1. The largest absolute Gasteiger partial charge is 0.326 e. The number of carbonyl (C=O) groups excluding carboxylic acids is 2. The van der Waals surface area contributed by atoms with E-state index in [0.717, 1.165) is 6.42 Å². The summed E-state index contributed by atoms with van der Waals surface area (Å²) in [7, 11) is 0. The quantitative estimate of drug-likeness (QED) is 0.932. The molecule has 1 N–H and O–H groups in total. The summed E-state index contributed by atoms with van der Waals surface area (Å²) < 4.78 is 1.53. The highest BCUT2D eigenvalue weighted by Gasteiger charge is 2.39. The minimum absolute atomic E-state index is 0.0277. The van der Waals surface area contributed by atoms with Crippen molar-refractivity contribution in [3.63, 3.8) is 0 Å². The molecule has 0 spiro atoms. The first-order valence-electron chi connectivity index (χ1n) is 8.63. The fraction of sp³-hybridized carbons (Fsp3) is 0.350. The number of rotatable bonds is 4. The van der Waals surface area contributed by atoms with Crippen LogP contribution in [0.1, 0.15) is 37.6 Å². The molecule has 5 nitrogen and oxygen atoms in total. The zero-order valence-electron chi connectivity index (χ0n) is 14.8. The Kier molecular flexibility index (Phi) is 4.83. The van der Waals surface area contributed by atoms with E-state index in [1.165, 1.54) is 4.57 Å². The van der Waals surface area contributed by atoms with E-state index in [9.17, 15) is 9.59 Å². The highest BCUT2D eigenvalue weighted by molar-refractivity contribution is 5.99. The number of carbonyl (C=O) groups is 2. The molecular weight excluding hydrogens is 314 g/mol. The smallest absolute Gasteiger partial charge is 0.263 e. The fourth-order valence-electron chi connectivity index (χ4n) is 2.77. The first-order valence-corrected chi connectivity index (χ1v) is 8.63. The third-order valence-electron chi connectivity index (χ3n) is 4.27. The average molecular weight is 337 g/mol. The molecule has 0 unspecified atom stereocenters. The van der Waals surface area contributed by atoms with E-state index in [-0.39, 0.29) is 23.8 Å². The Morgan fingerprint density at radius 3 is 2.64 bits per heavy atom. The Hall–Kier alpha value is -2.69. The number of amides is 1. The number of pyridine rings is 1. The second kappa shape index (κ2) is 7.05. The topological polar surface area (TPSA) is 63.5 Å². The van der Waals surface area contributed by atoms with Gasteiger partial charge in [0.05, 0.1) is 0 Å². The zero-order chi connectivity index (χ0) is 18.0. The van der Waals surface area contributed by atoms with Crippen LogP contribution in [-0.4, -0.2) is 22.4 Å². The first-order chi connectivity index (χ1) is 12.0. The molecule has 0 saturated heterocycles. The van der Waals surface area contributed by atoms with E-state index >= 15 is 0 Å². The van der Waals surface area contributed by atoms with Crippen molar-refractivity contribution in [1.29, 1.82) is 0 Å². The predicted molar refractivity (Wildman–Crippen MR) is 97.2 cm³/mol. The molecule has 1 fully saturated rings. The summed E-state index contributed by atoms with van der Waals surface area (Å²) in [5, 5.41) is 2.90. The molecule has 1 amide bonds. The Morgan fingerprint density at radius 2 is 1.96 bits per heavy atom. The molecule has 2 aromatic rings. The molecule has 130 valence electrons. The van der Waals surface area contributed by atoms with E-state index in [4.69, 9.17) is 0 Å². The van der Waals surface area contributed by atoms with Crippen molar-refractivity contribution < 1.29 is 9.59 Å². The molecule has 1 aliphatic carbocycles. The minimum atomic E-state index is -0.170. The summed E-state index contributed by atoms with van der Waals surface area (Å²) >= 11 is 0. The van der Waals surface area contributed by atoms with Crippen LogP contribution in [-0.2, 0) is 4.79 Å². The summed E-state index contributed by atoms with van der Waals surface area (Å²) in [4.78, 5) is 29.5. The lowest BCUT2D eigenvalue weighted by atomic mass is 10.1. The van der Waals surface area contributed by atoms with Crippen LogP contribution in [0, 0.1) is 11.8 Å². The van der Waals surface area contributed by atoms with E-state index in [1.807, 2.05) is 26.0 Å². The molecule has 25 heavy (non-hydrogen) atoms. The van der Waals surface area contributed by atoms with Gasteiger partial charge >= 0.3 is 0 Å². The van der Waals surface area contributed by atoms with Gasteiger partial charge in [0, 0.05) is 29.4 Å². The van der Waals surface area contributed by atoms with Crippen LogP contribution in [0.3, 0.4) is 0 Å². The summed E-state index contributed by atoms with van der Waals surface area (Å²) in [5.74, 6) is 0.403. The Bertz CT molecular complexity index is 867. The van der Waals surface area contributed by atoms with E-state index < -0.39 is 0 Å². The number of nitrogens with one attached hydrogen (secondary N) is 1. The van der Waals surface area contributed by atoms with E-state index in [0.29, 0.717) is 22.7 Å². The van der Waals surface area contributed by atoms with Gasteiger partial charge in [-0.05, 0) is 56.5 Å². The SMILES string of the molecule is CC(C)N=c1ccccn1C(=O)c1cccc(NC(=O)[C@@H]2C[C@@H]2C)c1. The number of aromatic nitrogens is 1. The maximum absolute atomic E-state index is 12.9. The number of anilines is 1. The van der Waals surface area contributed by atoms with Gasteiger partial charge in [0.15, 0.2) is 0 Å². The highest BCUT2D eigenvalue weighted by atomic mass is 16.2. The van der Waals surface area contributed by atoms with Crippen molar-refractivity contribution in [3.05, 3.63) is 59.7 Å². The third kappa shape index (κ3) is 4.05. The van der Waals surface area contributed by atoms with E-state index in [2.05, 4.69) is 17.2 Å². The molecule has 1 heterocycles. The average Bonchev–Trinajstić information content (AvgIpc) is 3.31. The molecule has 0 radical (unpaired) electrons. The number of nitrogens with zero attached hydrogens (tertiary/aromatic N) is 2. The summed E-state index contributed by atoms with van der Waals surface area (Å²) in [6.07, 6.45) is 2.64. The fourth-order valence-corrected chi connectivity index (χ4v) is 2.77. The lowest BCUT2D eigenvalue weighted by molar-refractivity contribution is -0.117. The Balaban J connectivity index is 1.86. The molecule has 2 atom stereocenters. The van der Waals surface area contributed by atoms with Crippen molar-refractivity contribution in [2.45, 2.75) is 33.2 Å². The molecule has 0 bridgehead atoms. The highest BCUT2D eigenvalue weighted by Crippen LogP contribution is 2.38. The minimum Gasteiger partial charge on any atom is -0.326 e. The van der Waals surface area contributed by atoms with Gasteiger partial charge in [-0.15, -0.1) is 0 Å². The van der Waals surface area contributed by atoms with Crippen LogP contribution in [0.5, 0.6) is 0 Å². The molecule has 1 aromatic heterocycles. The maximum atomic E-state index is 12.9. The Labute approximate surface area is 147 Å². The molecule has 1 saturated carbocycles. The third-order valence-corrected chi connectivity index (χ3v) is 4.27. The summed E-state index contributed by atoms with van der Waals surface area (Å²) in [6.45, 7) is 6.00. The molecular formula is C20H23N3O2. The van der Waals surface area contributed by atoms with Gasteiger partial charge in [-0.25, -0.2) is 0 Å². The molecule has 1 aliphatic rings. The molecule has 3 rings (SSSR count). The molecule has 0 aliphatic heterocycles. The number of hydrogen-bond acceptors (Lipinski definition) is 3. The lowest BCUT2D eigenvalue weighted by Gasteiger charge is -2.09. The number of hydrogen-bond donors (Lipinski definition) is 1. The molecule has 1 aromatic carbocycles. The van der Waals surface area contributed by atoms with Crippen LogP contribution in [0.25, 0.3) is 0 Å². The maximum Gasteiger partial charge on any atom is 0.263 e. The second-order valence-corrected chi connectivity index (χ2v) is 6.85. The summed E-state index contributed by atoms with van der Waals surface area (Å²) in [6, 6.07) is 12.6. The van der Waals surface area contributed by atoms with Crippen molar-refractivity contribution in [1.82, 2.24) is 4.57 Å². The number of benzene rings is 1. The van der Waals surface area contributed by atoms with Crippen LogP contribution in [0.2, 0.25) is 0 Å². The van der Waals surface area contributed by atoms with E-state index in [1.54, 1.807) is 36.5 Å². The predicted octanol–water partition coefficient (Wildman–Crippen LogP) is 3.08. The van der Waals surface area contributed by atoms with Gasteiger partial charge in [0.2, 0.25) is 5.91 Å². The zero-order valence-corrected chi connectivity index (χ0v) is 14.8. The second-order valence-electron chi connectivity index (χ2n) is 6.85. The van der Waals surface area contributed by atoms with Crippen molar-refractivity contribution >= 4 is 17.5 Å².